The molecule has 0 amide bonds. The predicted octanol–water partition coefficient (Wildman–Crippen LogP) is 3.78. The zero-order chi connectivity index (χ0) is 18.1. The Bertz CT molecular complexity index is 842. The van der Waals surface area contributed by atoms with Crippen LogP contribution in [0.4, 0.5) is 0 Å². The number of likely N-dealkylation sites (tertiary alicyclic amines) is 1. The molecule has 1 atom stereocenters. The van der Waals surface area contributed by atoms with Gasteiger partial charge in [-0.1, -0.05) is 30.3 Å². The lowest BCUT2D eigenvalue weighted by molar-refractivity contribution is 0.145. The molecule has 3 aromatic rings. The Labute approximate surface area is 165 Å². The molecule has 0 aliphatic carbocycles. The number of nitrogens with zero attached hydrogens (tertiary/aromatic N) is 3. The van der Waals surface area contributed by atoms with Crippen LogP contribution >= 0.6 is 11.3 Å². The van der Waals surface area contributed by atoms with E-state index >= 15 is 0 Å². The maximum atomic E-state index is 5.04. The lowest BCUT2D eigenvalue weighted by Crippen LogP contribution is -2.46. The molecule has 1 unspecified atom stereocenters. The van der Waals surface area contributed by atoms with Crippen molar-refractivity contribution >= 4 is 16.3 Å². The fourth-order valence-corrected chi connectivity index (χ4v) is 5.67. The number of piperidine rings is 2. The lowest BCUT2D eigenvalue weighted by atomic mass is 9.70. The van der Waals surface area contributed by atoms with Gasteiger partial charge in [-0.3, -0.25) is 4.40 Å². The Kier molecular flexibility index (Phi) is 4.76. The van der Waals surface area contributed by atoms with Crippen LogP contribution in [-0.4, -0.2) is 47.0 Å². The SMILES string of the molecule is c1ccc(C2(c3cn4ccsc4n3)CCN(CC3CCCNC3)CC2)cc1. The molecular weight excluding hydrogens is 352 g/mol. The second kappa shape index (κ2) is 7.38. The molecule has 142 valence electrons. The number of hydrogen-bond donors (Lipinski definition) is 1. The Hall–Kier alpha value is -1.69. The second-order valence-electron chi connectivity index (χ2n) is 8.18. The number of aromatic nitrogens is 2. The zero-order valence-electron chi connectivity index (χ0n) is 15.8. The highest BCUT2D eigenvalue weighted by molar-refractivity contribution is 7.15. The van der Waals surface area contributed by atoms with Gasteiger partial charge in [-0.05, 0) is 63.3 Å². The van der Waals surface area contributed by atoms with E-state index in [1.54, 1.807) is 11.3 Å². The van der Waals surface area contributed by atoms with E-state index in [9.17, 15) is 0 Å². The highest BCUT2D eigenvalue weighted by atomic mass is 32.1. The quantitative estimate of drug-likeness (QED) is 0.748. The zero-order valence-corrected chi connectivity index (χ0v) is 16.6. The van der Waals surface area contributed by atoms with E-state index in [-0.39, 0.29) is 5.41 Å². The molecule has 2 fully saturated rings. The van der Waals surface area contributed by atoms with E-state index in [0.29, 0.717) is 0 Å². The van der Waals surface area contributed by atoms with Crippen LogP contribution in [-0.2, 0) is 5.41 Å². The van der Waals surface area contributed by atoms with E-state index < -0.39 is 0 Å². The van der Waals surface area contributed by atoms with Gasteiger partial charge in [0, 0.05) is 29.7 Å². The first-order valence-corrected chi connectivity index (χ1v) is 11.1. The van der Waals surface area contributed by atoms with E-state index in [0.717, 1.165) is 36.8 Å². The van der Waals surface area contributed by atoms with Gasteiger partial charge in [0.25, 0.3) is 0 Å². The fraction of sp³-hybridized carbons (Fsp3) is 0.500. The summed E-state index contributed by atoms with van der Waals surface area (Å²) in [5, 5.41) is 5.68. The predicted molar refractivity (Wildman–Crippen MR) is 112 cm³/mol. The molecule has 4 heterocycles. The highest BCUT2D eigenvalue weighted by Gasteiger charge is 2.40. The van der Waals surface area contributed by atoms with Gasteiger partial charge in [-0.15, -0.1) is 11.3 Å². The molecule has 2 aliphatic heterocycles. The fourth-order valence-electron chi connectivity index (χ4n) is 4.97. The first-order chi connectivity index (χ1) is 13.3. The maximum Gasteiger partial charge on any atom is 0.193 e. The lowest BCUT2D eigenvalue weighted by Gasteiger charge is -2.42. The molecule has 27 heavy (non-hydrogen) atoms. The Balaban J connectivity index is 1.40. The van der Waals surface area contributed by atoms with Crippen LogP contribution in [0.3, 0.4) is 0 Å². The summed E-state index contributed by atoms with van der Waals surface area (Å²) in [5.41, 5.74) is 2.73. The summed E-state index contributed by atoms with van der Waals surface area (Å²) in [6.07, 6.45) is 9.41. The number of hydrogen-bond acceptors (Lipinski definition) is 4. The van der Waals surface area contributed by atoms with Crippen molar-refractivity contribution in [1.82, 2.24) is 19.6 Å². The van der Waals surface area contributed by atoms with E-state index in [4.69, 9.17) is 4.98 Å². The minimum Gasteiger partial charge on any atom is -0.316 e. The summed E-state index contributed by atoms with van der Waals surface area (Å²) in [5.74, 6) is 0.820. The molecule has 0 radical (unpaired) electrons. The van der Waals surface area contributed by atoms with E-state index in [1.165, 1.54) is 43.7 Å². The van der Waals surface area contributed by atoms with Crippen LogP contribution in [0.25, 0.3) is 4.96 Å². The van der Waals surface area contributed by atoms with Crippen molar-refractivity contribution in [2.75, 3.05) is 32.7 Å². The summed E-state index contributed by atoms with van der Waals surface area (Å²) >= 11 is 1.72. The van der Waals surface area contributed by atoms with Crippen LogP contribution in [0.15, 0.2) is 48.1 Å². The number of imidazole rings is 1. The maximum absolute atomic E-state index is 5.04. The first-order valence-electron chi connectivity index (χ1n) is 10.2. The Morgan fingerprint density at radius 1 is 1.19 bits per heavy atom. The summed E-state index contributed by atoms with van der Waals surface area (Å²) < 4.78 is 2.19. The smallest absolute Gasteiger partial charge is 0.193 e. The average Bonchev–Trinajstić information content (AvgIpc) is 3.33. The molecule has 4 nitrogen and oxygen atoms in total. The van der Waals surface area contributed by atoms with Gasteiger partial charge in [-0.25, -0.2) is 4.98 Å². The van der Waals surface area contributed by atoms with Gasteiger partial charge in [0.15, 0.2) is 4.96 Å². The molecule has 1 aromatic carbocycles. The van der Waals surface area contributed by atoms with Crippen LogP contribution in [0.5, 0.6) is 0 Å². The number of benzene rings is 1. The summed E-state index contributed by atoms with van der Waals surface area (Å²) in [6.45, 7) is 5.96. The Morgan fingerprint density at radius 3 is 2.78 bits per heavy atom. The molecule has 2 saturated heterocycles. The number of thiazole rings is 1. The molecule has 0 saturated carbocycles. The van der Waals surface area contributed by atoms with Crippen LogP contribution < -0.4 is 5.32 Å². The van der Waals surface area contributed by atoms with Crippen molar-refractivity contribution < 1.29 is 0 Å². The normalized spacial score (nSPS) is 23.6. The summed E-state index contributed by atoms with van der Waals surface area (Å²) in [4.78, 5) is 8.84. The van der Waals surface area contributed by atoms with Crippen molar-refractivity contribution in [3.8, 4) is 0 Å². The first kappa shape index (κ1) is 17.4. The van der Waals surface area contributed by atoms with Crippen LogP contribution in [0.2, 0.25) is 0 Å². The van der Waals surface area contributed by atoms with Crippen molar-refractivity contribution in [3.63, 3.8) is 0 Å². The second-order valence-corrected chi connectivity index (χ2v) is 9.05. The molecule has 0 spiro atoms. The van der Waals surface area contributed by atoms with Gasteiger partial charge >= 0.3 is 0 Å². The van der Waals surface area contributed by atoms with Crippen LogP contribution in [0, 0.1) is 5.92 Å². The van der Waals surface area contributed by atoms with Gasteiger partial charge in [0.05, 0.1) is 5.69 Å². The molecule has 2 aliphatic rings. The largest absolute Gasteiger partial charge is 0.316 e. The third-order valence-corrected chi connectivity index (χ3v) is 7.31. The minimum atomic E-state index is 0.0499. The van der Waals surface area contributed by atoms with E-state index in [2.05, 4.69) is 62.7 Å². The van der Waals surface area contributed by atoms with Crippen molar-refractivity contribution in [3.05, 3.63) is 59.4 Å². The molecule has 5 heteroatoms. The number of rotatable bonds is 4. The minimum absolute atomic E-state index is 0.0499. The van der Waals surface area contributed by atoms with Crippen molar-refractivity contribution in [2.24, 2.45) is 5.92 Å². The third-order valence-electron chi connectivity index (χ3n) is 6.53. The van der Waals surface area contributed by atoms with Gasteiger partial charge < -0.3 is 10.2 Å². The summed E-state index contributed by atoms with van der Waals surface area (Å²) in [7, 11) is 0. The molecule has 0 bridgehead atoms. The Morgan fingerprint density at radius 2 is 2.04 bits per heavy atom. The number of fused-ring (bicyclic) bond motifs is 1. The standard InChI is InChI=1S/C22H28N4S/c1-2-6-19(7-3-1)22(20-17-26-13-14-27-21(26)24-20)8-11-25(12-9-22)16-18-5-4-10-23-15-18/h1-3,6-7,13-14,17-18,23H,4-5,8-12,15-16H2. The van der Waals surface area contributed by atoms with Crippen LogP contribution in [0.1, 0.15) is 36.9 Å². The molecule has 1 N–H and O–H groups in total. The molecule has 5 rings (SSSR count). The summed E-state index contributed by atoms with van der Waals surface area (Å²) in [6, 6.07) is 11.1. The van der Waals surface area contributed by atoms with Gasteiger partial charge in [0.1, 0.15) is 0 Å². The molecule has 2 aromatic heterocycles. The van der Waals surface area contributed by atoms with Gasteiger partial charge in [-0.2, -0.15) is 0 Å². The third kappa shape index (κ3) is 3.33. The van der Waals surface area contributed by atoms with Gasteiger partial charge in [0.2, 0.25) is 0 Å². The van der Waals surface area contributed by atoms with Crippen molar-refractivity contribution in [1.29, 1.82) is 0 Å². The average molecular weight is 381 g/mol. The topological polar surface area (TPSA) is 32.6 Å². The van der Waals surface area contributed by atoms with E-state index in [1.807, 2.05) is 0 Å². The monoisotopic (exact) mass is 380 g/mol. The highest BCUT2D eigenvalue weighted by Crippen LogP contribution is 2.41. The molecular formula is C22H28N4S. The van der Waals surface area contributed by atoms with Crippen molar-refractivity contribution in [2.45, 2.75) is 31.1 Å². The number of nitrogens with one attached hydrogen (secondary N) is 1.